The summed E-state index contributed by atoms with van der Waals surface area (Å²) < 4.78 is 0. The summed E-state index contributed by atoms with van der Waals surface area (Å²) >= 11 is 0. The second kappa shape index (κ2) is 5.97. The van der Waals surface area contributed by atoms with Crippen LogP contribution in [-0.2, 0) is 6.42 Å². The van der Waals surface area contributed by atoms with Crippen LogP contribution in [0.15, 0.2) is 48.7 Å². The first-order chi connectivity index (χ1) is 10.4. The molecule has 3 aromatic rings. The number of nitriles is 1. The first-order valence-electron chi connectivity index (χ1n) is 6.68. The molecule has 0 amide bonds. The number of nitrogens with zero attached hydrogens (tertiary/aromatic N) is 4. The molecule has 0 aliphatic carbocycles. The van der Waals surface area contributed by atoms with E-state index in [1.807, 2.05) is 42.5 Å². The van der Waals surface area contributed by atoms with Gasteiger partial charge < -0.3 is 5.32 Å². The Labute approximate surface area is 122 Å². The van der Waals surface area contributed by atoms with Crippen LogP contribution in [0.2, 0.25) is 0 Å². The van der Waals surface area contributed by atoms with E-state index in [9.17, 15) is 5.26 Å². The van der Waals surface area contributed by atoms with Crippen LogP contribution in [0.5, 0.6) is 0 Å². The molecule has 1 aromatic carbocycles. The summed E-state index contributed by atoms with van der Waals surface area (Å²) in [5.41, 5.74) is 2.83. The van der Waals surface area contributed by atoms with Crippen molar-refractivity contribution in [1.29, 1.82) is 5.26 Å². The fraction of sp³-hybridized carbons (Fsp3) is 0.125. The molecule has 0 aliphatic heterocycles. The van der Waals surface area contributed by atoms with Crippen molar-refractivity contribution in [2.75, 3.05) is 11.9 Å². The molecule has 0 fully saturated rings. The fourth-order valence-corrected chi connectivity index (χ4v) is 2.17. The number of anilines is 1. The predicted molar refractivity (Wildman–Crippen MR) is 80.7 cm³/mol. The number of pyridine rings is 1. The molecule has 0 saturated heterocycles. The average molecular weight is 275 g/mol. The van der Waals surface area contributed by atoms with Crippen LogP contribution in [0.1, 0.15) is 11.4 Å². The Balaban J connectivity index is 1.84. The van der Waals surface area contributed by atoms with Crippen molar-refractivity contribution in [3.63, 3.8) is 0 Å². The molecule has 0 unspecified atom stereocenters. The zero-order valence-electron chi connectivity index (χ0n) is 11.3. The van der Waals surface area contributed by atoms with E-state index in [4.69, 9.17) is 0 Å². The van der Waals surface area contributed by atoms with Crippen LogP contribution in [0.25, 0.3) is 10.9 Å². The van der Waals surface area contributed by atoms with Crippen LogP contribution >= 0.6 is 0 Å². The number of hydrogen-bond acceptors (Lipinski definition) is 5. The Morgan fingerprint density at radius 2 is 1.90 bits per heavy atom. The standard InChI is InChI=1S/C16H13N5/c17-11-15-16(13-6-1-2-7-14(13)20-21-15)19-10-8-12-5-3-4-9-18-12/h1-7,9H,8,10H2,(H,19,20). The van der Waals surface area contributed by atoms with E-state index < -0.39 is 0 Å². The van der Waals surface area contributed by atoms with Gasteiger partial charge in [-0.2, -0.15) is 5.26 Å². The van der Waals surface area contributed by atoms with E-state index >= 15 is 0 Å². The second-order valence-corrected chi connectivity index (χ2v) is 4.55. The van der Waals surface area contributed by atoms with Crippen molar-refractivity contribution in [2.24, 2.45) is 0 Å². The highest BCUT2D eigenvalue weighted by atomic mass is 15.1. The van der Waals surface area contributed by atoms with Gasteiger partial charge in [0.1, 0.15) is 6.07 Å². The van der Waals surface area contributed by atoms with Crippen LogP contribution in [0.4, 0.5) is 5.69 Å². The van der Waals surface area contributed by atoms with Gasteiger partial charge in [-0.25, -0.2) is 0 Å². The molecule has 1 N–H and O–H groups in total. The minimum Gasteiger partial charge on any atom is -0.382 e. The number of hydrogen-bond donors (Lipinski definition) is 1. The van der Waals surface area contributed by atoms with Crippen LogP contribution < -0.4 is 5.32 Å². The van der Waals surface area contributed by atoms with Crippen molar-refractivity contribution >= 4 is 16.6 Å². The number of fused-ring (bicyclic) bond motifs is 1. The summed E-state index contributed by atoms with van der Waals surface area (Å²) in [6, 6.07) is 15.6. The van der Waals surface area contributed by atoms with E-state index in [0.717, 1.165) is 28.7 Å². The summed E-state index contributed by atoms with van der Waals surface area (Å²) in [5.74, 6) is 0. The highest BCUT2D eigenvalue weighted by Gasteiger charge is 2.09. The third-order valence-electron chi connectivity index (χ3n) is 3.18. The Morgan fingerprint density at radius 1 is 1.05 bits per heavy atom. The zero-order valence-corrected chi connectivity index (χ0v) is 11.3. The van der Waals surface area contributed by atoms with E-state index in [0.29, 0.717) is 12.2 Å². The molecule has 0 radical (unpaired) electrons. The van der Waals surface area contributed by atoms with Gasteiger partial charge in [-0.3, -0.25) is 4.98 Å². The Hall–Kier alpha value is -3.00. The van der Waals surface area contributed by atoms with Crippen molar-refractivity contribution < 1.29 is 0 Å². The molecule has 2 heterocycles. The van der Waals surface area contributed by atoms with Crippen molar-refractivity contribution in [3.05, 3.63) is 60.0 Å². The van der Waals surface area contributed by atoms with Crippen molar-refractivity contribution in [1.82, 2.24) is 15.2 Å². The van der Waals surface area contributed by atoms with Gasteiger partial charge in [-0.05, 0) is 18.2 Å². The number of rotatable bonds is 4. The summed E-state index contributed by atoms with van der Waals surface area (Å²) in [5, 5.41) is 21.4. The highest BCUT2D eigenvalue weighted by molar-refractivity contribution is 5.92. The van der Waals surface area contributed by atoms with Gasteiger partial charge in [0.2, 0.25) is 0 Å². The quantitative estimate of drug-likeness (QED) is 0.792. The van der Waals surface area contributed by atoms with Crippen LogP contribution in [-0.4, -0.2) is 21.7 Å². The lowest BCUT2D eigenvalue weighted by atomic mass is 10.1. The second-order valence-electron chi connectivity index (χ2n) is 4.55. The largest absolute Gasteiger partial charge is 0.382 e. The van der Waals surface area contributed by atoms with Gasteiger partial charge in [0.05, 0.1) is 11.2 Å². The molecule has 0 bridgehead atoms. The molecule has 0 spiro atoms. The highest BCUT2D eigenvalue weighted by Crippen LogP contribution is 2.23. The smallest absolute Gasteiger partial charge is 0.186 e. The van der Waals surface area contributed by atoms with Crippen molar-refractivity contribution in [3.8, 4) is 6.07 Å². The molecular formula is C16H13N5. The van der Waals surface area contributed by atoms with Gasteiger partial charge in [-0.1, -0.05) is 24.3 Å². The monoisotopic (exact) mass is 275 g/mol. The summed E-state index contributed by atoms with van der Waals surface area (Å²) in [6.45, 7) is 0.682. The van der Waals surface area contributed by atoms with Crippen LogP contribution in [0.3, 0.4) is 0 Å². The van der Waals surface area contributed by atoms with Crippen LogP contribution in [0, 0.1) is 11.3 Å². The molecular weight excluding hydrogens is 262 g/mol. The minimum absolute atomic E-state index is 0.315. The van der Waals surface area contributed by atoms with Gasteiger partial charge in [0.15, 0.2) is 5.69 Å². The number of aromatic nitrogens is 3. The lowest BCUT2D eigenvalue weighted by molar-refractivity contribution is 0.955. The van der Waals surface area contributed by atoms with Gasteiger partial charge >= 0.3 is 0 Å². The summed E-state index contributed by atoms with van der Waals surface area (Å²) in [6.07, 6.45) is 2.56. The Morgan fingerprint density at radius 3 is 2.71 bits per heavy atom. The lowest BCUT2D eigenvalue weighted by Gasteiger charge is -2.10. The average Bonchev–Trinajstić information content (AvgIpc) is 2.56. The Kier molecular flexibility index (Phi) is 3.70. The van der Waals surface area contributed by atoms with E-state index in [2.05, 4.69) is 26.6 Å². The maximum absolute atomic E-state index is 9.19. The molecule has 3 rings (SSSR count). The Bertz CT molecular complexity index is 793. The molecule has 5 nitrogen and oxygen atoms in total. The minimum atomic E-state index is 0.315. The number of benzene rings is 1. The maximum Gasteiger partial charge on any atom is 0.186 e. The normalized spacial score (nSPS) is 10.2. The predicted octanol–water partition coefficient (Wildman–Crippen LogP) is 2.55. The molecule has 0 aliphatic rings. The molecule has 0 saturated carbocycles. The summed E-state index contributed by atoms with van der Waals surface area (Å²) in [7, 11) is 0. The van der Waals surface area contributed by atoms with Gasteiger partial charge in [-0.15, -0.1) is 10.2 Å². The molecule has 21 heavy (non-hydrogen) atoms. The third kappa shape index (κ3) is 2.79. The van der Waals surface area contributed by atoms with Gasteiger partial charge in [0.25, 0.3) is 0 Å². The first-order valence-corrected chi connectivity index (χ1v) is 6.68. The topological polar surface area (TPSA) is 74.5 Å². The zero-order chi connectivity index (χ0) is 14.5. The van der Waals surface area contributed by atoms with E-state index in [1.54, 1.807) is 6.20 Å². The maximum atomic E-state index is 9.19. The SMILES string of the molecule is N#Cc1nnc2ccccc2c1NCCc1ccccn1. The van der Waals surface area contributed by atoms with E-state index in [1.165, 1.54) is 0 Å². The molecule has 5 heteroatoms. The summed E-state index contributed by atoms with van der Waals surface area (Å²) in [4.78, 5) is 4.28. The lowest BCUT2D eigenvalue weighted by Crippen LogP contribution is -2.09. The molecule has 102 valence electrons. The number of nitrogens with one attached hydrogen (secondary N) is 1. The molecule has 0 atom stereocenters. The van der Waals surface area contributed by atoms with E-state index in [-0.39, 0.29) is 0 Å². The van der Waals surface area contributed by atoms with Gasteiger partial charge in [0, 0.05) is 30.2 Å². The van der Waals surface area contributed by atoms with Crippen molar-refractivity contribution in [2.45, 2.75) is 6.42 Å². The first kappa shape index (κ1) is 13.0. The third-order valence-corrected chi connectivity index (χ3v) is 3.18. The molecule has 2 aromatic heterocycles. The fourth-order valence-electron chi connectivity index (χ4n) is 2.17.